The highest BCUT2D eigenvalue weighted by molar-refractivity contribution is 5.78. The maximum absolute atomic E-state index is 11.9. The molecule has 0 unspecified atom stereocenters. The average molecular weight is 263 g/mol. The Balaban J connectivity index is 2.22. The third-order valence-corrected chi connectivity index (χ3v) is 3.60. The van der Waals surface area contributed by atoms with E-state index in [9.17, 15) is 4.79 Å². The molecule has 0 radical (unpaired) electrons. The van der Waals surface area contributed by atoms with Crippen LogP contribution in [-0.4, -0.2) is 36.5 Å². The first kappa shape index (κ1) is 15.7. The van der Waals surface area contributed by atoms with Crippen LogP contribution in [0.5, 0.6) is 0 Å². The summed E-state index contributed by atoms with van der Waals surface area (Å²) in [5, 5.41) is 12.0. The number of nitrogens with one attached hydrogen (secondary N) is 1. The van der Waals surface area contributed by atoms with Crippen molar-refractivity contribution >= 4 is 5.91 Å². The van der Waals surface area contributed by atoms with Gasteiger partial charge in [-0.1, -0.05) is 11.6 Å². The van der Waals surface area contributed by atoms with E-state index in [1.807, 2.05) is 6.92 Å². The fourth-order valence-corrected chi connectivity index (χ4v) is 2.41. The Hall–Kier alpha value is -1.34. The molecule has 1 aliphatic rings. The summed E-state index contributed by atoms with van der Waals surface area (Å²) >= 11 is 0. The highest BCUT2D eigenvalue weighted by Crippen LogP contribution is 2.19. The Morgan fingerprint density at radius 1 is 1.58 bits per heavy atom. The van der Waals surface area contributed by atoms with Gasteiger partial charge in [-0.15, -0.1) is 0 Å². The third kappa shape index (κ3) is 5.44. The molecule has 1 rings (SSSR count). The number of allylic oxidation sites excluding steroid dienone is 1. The molecule has 0 fully saturated rings. The van der Waals surface area contributed by atoms with Crippen LogP contribution in [0.25, 0.3) is 0 Å². The zero-order valence-corrected chi connectivity index (χ0v) is 12.1. The summed E-state index contributed by atoms with van der Waals surface area (Å²) in [7, 11) is 0. The van der Waals surface area contributed by atoms with Crippen LogP contribution in [0.2, 0.25) is 0 Å². The molecular weight excluding hydrogens is 238 g/mol. The largest absolute Gasteiger partial charge is 0.326 e. The van der Waals surface area contributed by atoms with E-state index in [1.165, 1.54) is 31.3 Å². The summed E-state index contributed by atoms with van der Waals surface area (Å²) < 4.78 is 0. The van der Waals surface area contributed by atoms with Crippen molar-refractivity contribution in [2.24, 2.45) is 0 Å². The molecule has 1 N–H and O–H groups in total. The SMILES string of the molecule is CCN(C(=O)CNCCC1=CCCCC1)[C@@H](C)C#N. The van der Waals surface area contributed by atoms with Crippen molar-refractivity contribution in [3.05, 3.63) is 11.6 Å². The molecule has 106 valence electrons. The van der Waals surface area contributed by atoms with Gasteiger partial charge in [0.05, 0.1) is 12.6 Å². The van der Waals surface area contributed by atoms with Crippen molar-refractivity contribution in [3.63, 3.8) is 0 Å². The molecule has 4 heteroatoms. The van der Waals surface area contributed by atoms with Gasteiger partial charge in [-0.2, -0.15) is 5.26 Å². The van der Waals surface area contributed by atoms with Crippen LogP contribution in [0.3, 0.4) is 0 Å². The molecule has 4 nitrogen and oxygen atoms in total. The van der Waals surface area contributed by atoms with E-state index >= 15 is 0 Å². The van der Waals surface area contributed by atoms with Crippen molar-refractivity contribution in [1.29, 1.82) is 5.26 Å². The molecule has 1 aliphatic carbocycles. The number of carbonyl (C=O) groups excluding carboxylic acids is 1. The van der Waals surface area contributed by atoms with E-state index in [0.717, 1.165) is 13.0 Å². The smallest absolute Gasteiger partial charge is 0.237 e. The summed E-state index contributed by atoms with van der Waals surface area (Å²) in [4.78, 5) is 13.5. The lowest BCUT2D eigenvalue weighted by Gasteiger charge is -2.23. The van der Waals surface area contributed by atoms with E-state index < -0.39 is 0 Å². The first-order chi connectivity index (χ1) is 9.19. The van der Waals surface area contributed by atoms with Gasteiger partial charge in [0.2, 0.25) is 5.91 Å². The Morgan fingerprint density at radius 2 is 2.37 bits per heavy atom. The maximum Gasteiger partial charge on any atom is 0.237 e. The van der Waals surface area contributed by atoms with Gasteiger partial charge in [-0.3, -0.25) is 4.79 Å². The number of amides is 1. The Kier molecular flexibility index (Phi) is 7.20. The molecule has 0 heterocycles. The highest BCUT2D eigenvalue weighted by Gasteiger charge is 2.17. The molecule has 0 aromatic heterocycles. The second-order valence-corrected chi connectivity index (χ2v) is 5.02. The molecule has 0 aromatic rings. The van der Waals surface area contributed by atoms with Crippen LogP contribution in [-0.2, 0) is 4.79 Å². The van der Waals surface area contributed by atoms with E-state index in [4.69, 9.17) is 5.26 Å². The molecule has 1 atom stereocenters. The van der Waals surface area contributed by atoms with E-state index in [2.05, 4.69) is 17.5 Å². The minimum Gasteiger partial charge on any atom is -0.326 e. The van der Waals surface area contributed by atoms with Gasteiger partial charge in [0.1, 0.15) is 6.04 Å². The monoisotopic (exact) mass is 263 g/mol. The Morgan fingerprint density at radius 3 is 2.95 bits per heavy atom. The Labute approximate surface area is 116 Å². The van der Waals surface area contributed by atoms with Crippen LogP contribution in [0.1, 0.15) is 46.0 Å². The van der Waals surface area contributed by atoms with Gasteiger partial charge in [0, 0.05) is 6.54 Å². The van der Waals surface area contributed by atoms with Crippen molar-refractivity contribution in [1.82, 2.24) is 10.2 Å². The van der Waals surface area contributed by atoms with Crippen LogP contribution in [0, 0.1) is 11.3 Å². The second-order valence-electron chi connectivity index (χ2n) is 5.02. The summed E-state index contributed by atoms with van der Waals surface area (Å²) in [6.07, 6.45) is 8.40. The van der Waals surface area contributed by atoms with Gasteiger partial charge in [-0.25, -0.2) is 0 Å². The summed E-state index contributed by atoms with van der Waals surface area (Å²) in [5.41, 5.74) is 1.52. The van der Waals surface area contributed by atoms with E-state index in [1.54, 1.807) is 11.8 Å². The number of nitriles is 1. The molecule has 1 amide bonds. The molecule has 19 heavy (non-hydrogen) atoms. The first-order valence-electron chi connectivity index (χ1n) is 7.26. The zero-order valence-electron chi connectivity index (χ0n) is 12.1. The average Bonchev–Trinajstić information content (AvgIpc) is 2.45. The summed E-state index contributed by atoms with van der Waals surface area (Å²) in [6, 6.07) is 1.76. The lowest BCUT2D eigenvalue weighted by molar-refractivity contribution is -0.131. The van der Waals surface area contributed by atoms with Crippen LogP contribution < -0.4 is 5.32 Å². The molecule has 0 saturated carbocycles. The predicted molar refractivity (Wildman–Crippen MR) is 76.5 cm³/mol. The van der Waals surface area contributed by atoms with Crippen LogP contribution in [0.15, 0.2) is 11.6 Å². The number of carbonyl (C=O) groups is 1. The van der Waals surface area contributed by atoms with Gasteiger partial charge in [0.25, 0.3) is 0 Å². The number of rotatable bonds is 7. The molecular formula is C15H25N3O. The number of hydrogen-bond donors (Lipinski definition) is 1. The lowest BCUT2D eigenvalue weighted by atomic mass is 9.97. The van der Waals surface area contributed by atoms with Gasteiger partial charge >= 0.3 is 0 Å². The van der Waals surface area contributed by atoms with Crippen LogP contribution in [0.4, 0.5) is 0 Å². The fourth-order valence-electron chi connectivity index (χ4n) is 2.41. The van der Waals surface area contributed by atoms with E-state index in [0.29, 0.717) is 13.1 Å². The van der Waals surface area contributed by atoms with Gasteiger partial charge in [0.15, 0.2) is 0 Å². The minimum atomic E-state index is -0.347. The van der Waals surface area contributed by atoms with Gasteiger partial charge in [-0.05, 0) is 52.5 Å². The molecule has 0 aromatic carbocycles. The van der Waals surface area contributed by atoms with Crippen LogP contribution >= 0.6 is 0 Å². The number of hydrogen-bond acceptors (Lipinski definition) is 3. The van der Waals surface area contributed by atoms with Crippen molar-refractivity contribution < 1.29 is 4.79 Å². The number of likely N-dealkylation sites (N-methyl/N-ethyl adjacent to an activating group) is 1. The molecule has 0 spiro atoms. The first-order valence-corrected chi connectivity index (χ1v) is 7.26. The molecule has 0 saturated heterocycles. The minimum absolute atomic E-state index is 0.00849. The van der Waals surface area contributed by atoms with Gasteiger partial charge < -0.3 is 10.2 Å². The normalized spacial score (nSPS) is 16.4. The summed E-state index contributed by atoms with van der Waals surface area (Å²) in [5.74, 6) is 0.00849. The molecule has 0 aliphatic heterocycles. The topological polar surface area (TPSA) is 56.1 Å². The van der Waals surface area contributed by atoms with E-state index in [-0.39, 0.29) is 11.9 Å². The van der Waals surface area contributed by atoms with Crippen molar-refractivity contribution in [2.45, 2.75) is 52.0 Å². The third-order valence-electron chi connectivity index (χ3n) is 3.60. The van der Waals surface area contributed by atoms with Crippen molar-refractivity contribution in [2.75, 3.05) is 19.6 Å². The lowest BCUT2D eigenvalue weighted by Crippen LogP contribution is -2.42. The quantitative estimate of drug-likeness (QED) is 0.566. The standard InChI is InChI=1S/C15H25N3O/c1-3-18(13(2)11-16)15(19)12-17-10-9-14-7-5-4-6-8-14/h7,13,17H,3-6,8-10,12H2,1-2H3/t13-/m0/s1. The summed E-state index contributed by atoms with van der Waals surface area (Å²) in [6.45, 7) is 5.41. The fraction of sp³-hybridized carbons (Fsp3) is 0.733. The zero-order chi connectivity index (χ0) is 14.1. The van der Waals surface area contributed by atoms with Crippen molar-refractivity contribution in [3.8, 4) is 6.07 Å². The molecule has 0 bridgehead atoms. The highest BCUT2D eigenvalue weighted by atomic mass is 16.2. The number of nitrogens with zero attached hydrogens (tertiary/aromatic N) is 2. The maximum atomic E-state index is 11.9. The Bertz CT molecular complexity index is 357. The second kappa shape index (κ2) is 8.71. The predicted octanol–water partition coefficient (Wildman–Crippen LogP) is 2.23.